The van der Waals surface area contributed by atoms with Crippen LogP contribution in [0, 0.1) is 10.1 Å². The van der Waals surface area contributed by atoms with Crippen molar-refractivity contribution in [2.24, 2.45) is 0 Å². The molecule has 104 valence electrons. The average molecular weight is 300 g/mol. The number of hydrogen-bond donors (Lipinski definition) is 1. The number of rotatable bonds is 4. The Kier molecular flexibility index (Phi) is 3.94. The van der Waals surface area contributed by atoms with Gasteiger partial charge in [0.15, 0.2) is 5.69 Å². The maximum absolute atomic E-state index is 12.6. The summed E-state index contributed by atoms with van der Waals surface area (Å²) < 4.78 is 28.4. The van der Waals surface area contributed by atoms with Gasteiger partial charge < -0.3 is 5.32 Å². The number of alkyl halides is 2. The zero-order valence-corrected chi connectivity index (χ0v) is 10.4. The van der Waals surface area contributed by atoms with Gasteiger partial charge in [-0.1, -0.05) is 10.6 Å². The van der Waals surface area contributed by atoms with Crippen molar-refractivity contribution in [1.29, 1.82) is 0 Å². The molecule has 1 aromatic carbocycles. The highest BCUT2D eigenvalue weighted by Crippen LogP contribution is 2.24. The van der Waals surface area contributed by atoms with Gasteiger partial charge in [-0.3, -0.25) is 14.9 Å². The molecule has 0 saturated carbocycles. The molecule has 7 nitrogen and oxygen atoms in total. The van der Waals surface area contributed by atoms with E-state index in [0.29, 0.717) is 11.5 Å². The summed E-state index contributed by atoms with van der Waals surface area (Å²) in [7, 11) is 0. The number of amides is 1. The molecule has 0 unspecified atom stereocenters. The van der Waals surface area contributed by atoms with E-state index in [1.807, 2.05) is 0 Å². The number of anilines is 1. The molecule has 0 aliphatic carbocycles. The highest BCUT2D eigenvalue weighted by atomic mass is 32.1. The Bertz CT molecular complexity index is 661. The normalized spacial score (nSPS) is 10.6. The van der Waals surface area contributed by atoms with Gasteiger partial charge in [-0.15, -0.1) is 5.10 Å². The van der Waals surface area contributed by atoms with Gasteiger partial charge in [0.1, 0.15) is 4.88 Å². The lowest BCUT2D eigenvalue weighted by Crippen LogP contribution is -2.12. The molecule has 1 N–H and O–H groups in total. The maximum Gasteiger partial charge on any atom is 0.283 e. The molecule has 2 aromatic rings. The molecule has 1 aromatic heterocycles. The Morgan fingerprint density at radius 1 is 1.45 bits per heavy atom. The van der Waals surface area contributed by atoms with Gasteiger partial charge in [0.25, 0.3) is 18.0 Å². The van der Waals surface area contributed by atoms with E-state index in [9.17, 15) is 23.7 Å². The molecule has 0 fully saturated rings. The van der Waals surface area contributed by atoms with Crippen molar-refractivity contribution < 1.29 is 18.5 Å². The van der Waals surface area contributed by atoms with Gasteiger partial charge in [0.05, 0.1) is 4.92 Å². The smallest absolute Gasteiger partial charge is 0.283 e. The third-order valence-electron chi connectivity index (χ3n) is 2.24. The largest absolute Gasteiger partial charge is 0.321 e. The van der Waals surface area contributed by atoms with Crippen LogP contribution < -0.4 is 5.32 Å². The molecular weight excluding hydrogens is 294 g/mol. The first-order valence-electron chi connectivity index (χ1n) is 5.15. The molecular formula is C10H6F2N4O3S. The Morgan fingerprint density at radius 2 is 2.20 bits per heavy atom. The number of carbonyl (C=O) groups excluding carboxylic acids is 1. The van der Waals surface area contributed by atoms with Crippen molar-refractivity contribution in [3.63, 3.8) is 0 Å². The van der Waals surface area contributed by atoms with Gasteiger partial charge in [0.2, 0.25) is 0 Å². The second-order valence-corrected chi connectivity index (χ2v) is 4.30. The molecule has 0 saturated heterocycles. The number of benzene rings is 1. The summed E-state index contributed by atoms with van der Waals surface area (Å²) in [6.07, 6.45) is -2.92. The Morgan fingerprint density at radius 3 is 2.85 bits per heavy atom. The summed E-state index contributed by atoms with van der Waals surface area (Å²) in [5.74, 6) is -0.837. The topological polar surface area (TPSA) is 98.0 Å². The third-order valence-corrected chi connectivity index (χ3v) is 2.98. The van der Waals surface area contributed by atoms with E-state index in [2.05, 4.69) is 14.9 Å². The minimum atomic E-state index is -2.92. The number of aromatic nitrogens is 2. The van der Waals surface area contributed by atoms with Crippen LogP contribution in [0.3, 0.4) is 0 Å². The quantitative estimate of drug-likeness (QED) is 0.691. The van der Waals surface area contributed by atoms with Gasteiger partial charge in [-0.05, 0) is 17.6 Å². The Labute approximate surface area is 114 Å². The van der Waals surface area contributed by atoms with Crippen molar-refractivity contribution in [3.05, 3.63) is 45.0 Å². The molecule has 20 heavy (non-hydrogen) atoms. The fourth-order valence-corrected chi connectivity index (χ4v) is 1.95. The summed E-state index contributed by atoms with van der Waals surface area (Å²) in [5.41, 5.74) is -0.810. The number of carbonyl (C=O) groups is 1. The van der Waals surface area contributed by atoms with Crippen LogP contribution >= 0.6 is 11.5 Å². The van der Waals surface area contributed by atoms with Crippen molar-refractivity contribution >= 4 is 28.8 Å². The van der Waals surface area contributed by atoms with Crippen LogP contribution in [0.5, 0.6) is 0 Å². The standard InChI is InChI=1S/C10H6F2N4O3S/c11-9(12)7-8(20-15-14-7)10(17)13-5-2-1-3-6(4-5)16(18)19/h1-4,9H,(H,13,17). The SMILES string of the molecule is O=C(Nc1cccc([N+](=O)[O-])c1)c1snnc1C(F)F. The van der Waals surface area contributed by atoms with Gasteiger partial charge in [-0.25, -0.2) is 8.78 Å². The number of nitrogens with one attached hydrogen (secondary N) is 1. The number of hydrogen-bond acceptors (Lipinski definition) is 6. The van der Waals surface area contributed by atoms with Crippen LogP contribution in [0.25, 0.3) is 0 Å². The molecule has 2 rings (SSSR count). The molecule has 1 amide bonds. The summed E-state index contributed by atoms with van der Waals surface area (Å²) in [5, 5.41) is 16.0. The van der Waals surface area contributed by atoms with Crippen LogP contribution in [0.4, 0.5) is 20.2 Å². The van der Waals surface area contributed by atoms with E-state index in [0.717, 1.165) is 6.07 Å². The molecule has 0 atom stereocenters. The van der Waals surface area contributed by atoms with E-state index in [1.165, 1.54) is 18.2 Å². The number of nitro groups is 1. The summed E-state index contributed by atoms with van der Waals surface area (Å²) >= 11 is 0.529. The predicted octanol–water partition coefficient (Wildman–Crippen LogP) is 2.64. The number of non-ortho nitro benzene ring substituents is 1. The monoisotopic (exact) mass is 300 g/mol. The third kappa shape index (κ3) is 2.91. The van der Waals surface area contributed by atoms with Gasteiger partial charge in [-0.2, -0.15) is 0 Å². The minimum absolute atomic E-state index is 0.123. The van der Waals surface area contributed by atoms with E-state index in [-0.39, 0.29) is 16.3 Å². The maximum atomic E-state index is 12.6. The second kappa shape index (κ2) is 5.65. The van der Waals surface area contributed by atoms with E-state index in [4.69, 9.17) is 0 Å². The molecule has 0 spiro atoms. The van der Waals surface area contributed by atoms with Gasteiger partial charge >= 0.3 is 0 Å². The first kappa shape index (κ1) is 13.9. The van der Waals surface area contributed by atoms with Crippen molar-refractivity contribution in [2.45, 2.75) is 6.43 Å². The van der Waals surface area contributed by atoms with E-state index >= 15 is 0 Å². The highest BCUT2D eigenvalue weighted by Gasteiger charge is 2.23. The summed E-state index contributed by atoms with van der Waals surface area (Å²) in [4.78, 5) is 21.4. The molecule has 0 radical (unpaired) electrons. The molecule has 1 heterocycles. The van der Waals surface area contributed by atoms with Crippen LogP contribution in [0.2, 0.25) is 0 Å². The lowest BCUT2D eigenvalue weighted by molar-refractivity contribution is -0.384. The number of nitrogens with zero attached hydrogens (tertiary/aromatic N) is 3. The van der Waals surface area contributed by atoms with Gasteiger partial charge in [0, 0.05) is 17.8 Å². The fourth-order valence-electron chi connectivity index (χ4n) is 1.38. The minimum Gasteiger partial charge on any atom is -0.321 e. The lowest BCUT2D eigenvalue weighted by atomic mass is 10.2. The zero-order chi connectivity index (χ0) is 14.7. The van der Waals surface area contributed by atoms with Crippen LogP contribution in [-0.2, 0) is 0 Å². The van der Waals surface area contributed by atoms with Crippen LogP contribution in [0.1, 0.15) is 21.8 Å². The summed E-state index contributed by atoms with van der Waals surface area (Å²) in [6, 6.07) is 5.14. The van der Waals surface area contributed by atoms with E-state index < -0.39 is 22.9 Å². The summed E-state index contributed by atoms with van der Waals surface area (Å²) in [6.45, 7) is 0. The first-order chi connectivity index (χ1) is 9.49. The average Bonchev–Trinajstić information content (AvgIpc) is 2.88. The number of nitro benzene ring substituents is 1. The second-order valence-electron chi connectivity index (χ2n) is 3.55. The molecule has 10 heteroatoms. The predicted molar refractivity (Wildman–Crippen MR) is 65.9 cm³/mol. The Hall–Kier alpha value is -2.49. The lowest BCUT2D eigenvalue weighted by Gasteiger charge is -2.04. The van der Waals surface area contributed by atoms with Crippen LogP contribution in [-0.4, -0.2) is 20.4 Å². The van der Waals surface area contributed by atoms with Crippen molar-refractivity contribution in [2.75, 3.05) is 5.32 Å². The fraction of sp³-hybridized carbons (Fsp3) is 0.100. The van der Waals surface area contributed by atoms with Crippen molar-refractivity contribution in [1.82, 2.24) is 9.59 Å². The van der Waals surface area contributed by atoms with Crippen molar-refractivity contribution in [3.8, 4) is 0 Å². The number of halogens is 2. The molecule has 0 bridgehead atoms. The van der Waals surface area contributed by atoms with E-state index in [1.54, 1.807) is 0 Å². The zero-order valence-electron chi connectivity index (χ0n) is 9.62. The highest BCUT2D eigenvalue weighted by molar-refractivity contribution is 7.08. The molecule has 0 aliphatic rings. The first-order valence-corrected chi connectivity index (χ1v) is 5.92. The molecule has 0 aliphatic heterocycles. The Balaban J connectivity index is 2.21. The van der Waals surface area contributed by atoms with Crippen LogP contribution in [0.15, 0.2) is 24.3 Å².